The highest BCUT2D eigenvalue weighted by Gasteiger charge is 2.07. The van der Waals surface area contributed by atoms with Crippen LogP contribution in [0.15, 0.2) is 78.0 Å². The lowest BCUT2D eigenvalue weighted by molar-refractivity contribution is -0.132. The molecule has 0 aliphatic rings. The normalized spacial score (nSPS) is 10.9. The minimum Gasteiger partial charge on any atom is -0.424 e. The number of esters is 1. The van der Waals surface area contributed by atoms with Crippen molar-refractivity contribution in [3.8, 4) is 5.75 Å². The molecule has 30 heavy (non-hydrogen) atoms. The standard InChI is InChI=1S/C24H20FNO3S/c1-17(27)29-24-15-18(6-8-23(24)25)5-7-21(28)13-20-3-2-4-22(14-20)30-16-19-9-11-26-12-10-19/h2-12,14-15H,13,16H2,1H3/b7-5+. The first-order valence-electron chi connectivity index (χ1n) is 9.29. The second kappa shape index (κ2) is 10.5. The van der Waals surface area contributed by atoms with Gasteiger partial charge in [-0.1, -0.05) is 24.3 Å². The minimum atomic E-state index is -0.630. The first-order valence-corrected chi connectivity index (χ1v) is 10.3. The number of pyridine rings is 1. The van der Waals surface area contributed by atoms with Crippen LogP contribution in [0.2, 0.25) is 0 Å². The van der Waals surface area contributed by atoms with Gasteiger partial charge >= 0.3 is 5.97 Å². The number of ketones is 1. The Morgan fingerprint density at radius 3 is 2.63 bits per heavy atom. The highest BCUT2D eigenvalue weighted by Crippen LogP contribution is 2.24. The van der Waals surface area contributed by atoms with Crippen LogP contribution >= 0.6 is 11.8 Å². The number of hydrogen-bond acceptors (Lipinski definition) is 5. The van der Waals surface area contributed by atoms with E-state index >= 15 is 0 Å². The van der Waals surface area contributed by atoms with Gasteiger partial charge in [0.05, 0.1) is 0 Å². The third-order valence-corrected chi connectivity index (χ3v) is 5.17. The summed E-state index contributed by atoms with van der Waals surface area (Å²) in [4.78, 5) is 28.5. The molecule has 0 amide bonds. The molecule has 6 heteroatoms. The van der Waals surface area contributed by atoms with E-state index in [2.05, 4.69) is 4.98 Å². The Morgan fingerprint density at radius 2 is 1.87 bits per heavy atom. The van der Waals surface area contributed by atoms with Crippen LogP contribution in [0.25, 0.3) is 6.08 Å². The molecule has 1 aromatic heterocycles. The van der Waals surface area contributed by atoms with Crippen molar-refractivity contribution in [3.63, 3.8) is 0 Å². The Bertz CT molecular complexity index is 1070. The summed E-state index contributed by atoms with van der Waals surface area (Å²) in [6.45, 7) is 1.20. The second-order valence-corrected chi connectivity index (χ2v) is 7.60. The van der Waals surface area contributed by atoms with E-state index in [0.29, 0.717) is 5.56 Å². The van der Waals surface area contributed by atoms with Gasteiger partial charge in [0.1, 0.15) is 0 Å². The third-order valence-electron chi connectivity index (χ3n) is 4.10. The van der Waals surface area contributed by atoms with Gasteiger partial charge in [0.2, 0.25) is 0 Å². The molecule has 0 unspecified atom stereocenters. The Balaban J connectivity index is 1.60. The van der Waals surface area contributed by atoms with Crippen molar-refractivity contribution in [1.82, 2.24) is 4.98 Å². The molecule has 0 bridgehead atoms. The molecular formula is C24H20FNO3S. The van der Waals surface area contributed by atoms with Gasteiger partial charge in [-0.2, -0.15) is 0 Å². The fourth-order valence-corrected chi connectivity index (χ4v) is 3.63. The van der Waals surface area contributed by atoms with E-state index in [1.807, 2.05) is 36.4 Å². The Kier molecular flexibility index (Phi) is 7.51. The van der Waals surface area contributed by atoms with Gasteiger partial charge in [0.25, 0.3) is 0 Å². The summed E-state index contributed by atoms with van der Waals surface area (Å²) in [5.74, 6) is -0.641. The SMILES string of the molecule is CC(=O)Oc1cc(/C=C/C(=O)Cc2cccc(SCc3ccncc3)c2)ccc1F. The molecule has 3 rings (SSSR count). The van der Waals surface area contributed by atoms with Gasteiger partial charge in [-0.3, -0.25) is 14.6 Å². The first-order chi connectivity index (χ1) is 14.5. The zero-order valence-corrected chi connectivity index (χ0v) is 17.2. The molecule has 2 aromatic carbocycles. The third kappa shape index (κ3) is 6.67. The quantitative estimate of drug-likeness (QED) is 0.215. The lowest BCUT2D eigenvalue weighted by Crippen LogP contribution is -2.03. The summed E-state index contributed by atoms with van der Waals surface area (Å²) in [5.41, 5.74) is 2.68. The molecule has 0 N–H and O–H groups in total. The predicted octanol–water partition coefficient (Wildman–Crippen LogP) is 5.26. The van der Waals surface area contributed by atoms with Crippen molar-refractivity contribution >= 4 is 29.6 Å². The number of nitrogens with zero attached hydrogens (tertiary/aromatic N) is 1. The van der Waals surface area contributed by atoms with Crippen LogP contribution in [0.3, 0.4) is 0 Å². The molecule has 0 atom stereocenters. The summed E-state index contributed by atoms with van der Waals surface area (Å²) in [6, 6.07) is 15.9. The highest BCUT2D eigenvalue weighted by molar-refractivity contribution is 7.98. The van der Waals surface area contributed by atoms with E-state index < -0.39 is 11.8 Å². The minimum absolute atomic E-state index is 0.0790. The number of aromatic nitrogens is 1. The van der Waals surface area contributed by atoms with E-state index in [1.54, 1.807) is 30.2 Å². The summed E-state index contributed by atoms with van der Waals surface area (Å²) in [7, 11) is 0. The summed E-state index contributed by atoms with van der Waals surface area (Å²) < 4.78 is 18.5. The number of carbonyl (C=O) groups is 2. The number of halogens is 1. The van der Waals surface area contributed by atoms with E-state index in [1.165, 1.54) is 36.8 Å². The van der Waals surface area contributed by atoms with E-state index in [-0.39, 0.29) is 18.0 Å². The van der Waals surface area contributed by atoms with Gasteiger partial charge in [-0.15, -0.1) is 11.8 Å². The van der Waals surface area contributed by atoms with Crippen molar-refractivity contribution in [3.05, 3.63) is 95.6 Å². The van der Waals surface area contributed by atoms with E-state index in [4.69, 9.17) is 4.74 Å². The molecule has 0 aliphatic carbocycles. The summed E-state index contributed by atoms with van der Waals surface area (Å²) in [5, 5.41) is 0. The molecule has 152 valence electrons. The van der Waals surface area contributed by atoms with Crippen molar-refractivity contribution in [2.24, 2.45) is 0 Å². The molecule has 0 fully saturated rings. The number of rotatable bonds is 8. The average molecular weight is 421 g/mol. The van der Waals surface area contributed by atoms with Crippen LogP contribution in [0.5, 0.6) is 5.75 Å². The van der Waals surface area contributed by atoms with Crippen LogP contribution in [0.1, 0.15) is 23.6 Å². The van der Waals surface area contributed by atoms with Crippen LogP contribution in [0, 0.1) is 5.82 Å². The molecule has 0 spiro atoms. The average Bonchev–Trinajstić information content (AvgIpc) is 2.73. The Hall–Kier alpha value is -3.25. The van der Waals surface area contributed by atoms with Crippen molar-refractivity contribution < 1.29 is 18.7 Å². The molecule has 0 saturated carbocycles. The zero-order chi connectivity index (χ0) is 21.3. The van der Waals surface area contributed by atoms with Gasteiger partial charge < -0.3 is 4.74 Å². The first kappa shape index (κ1) is 21.5. The van der Waals surface area contributed by atoms with E-state index in [0.717, 1.165) is 16.2 Å². The zero-order valence-electron chi connectivity index (χ0n) is 16.4. The number of benzene rings is 2. The number of hydrogen-bond donors (Lipinski definition) is 0. The fraction of sp³-hybridized carbons (Fsp3) is 0.125. The van der Waals surface area contributed by atoms with Gasteiger partial charge in [-0.05, 0) is 59.2 Å². The summed E-state index contributed by atoms with van der Waals surface area (Å²) >= 11 is 1.70. The van der Waals surface area contributed by atoms with E-state index in [9.17, 15) is 14.0 Å². The molecule has 4 nitrogen and oxygen atoms in total. The largest absolute Gasteiger partial charge is 0.424 e. The maximum absolute atomic E-state index is 13.7. The molecule has 3 aromatic rings. The van der Waals surface area contributed by atoms with Crippen molar-refractivity contribution in [1.29, 1.82) is 0 Å². The van der Waals surface area contributed by atoms with Crippen LogP contribution in [-0.2, 0) is 21.8 Å². The monoisotopic (exact) mass is 421 g/mol. The fourth-order valence-electron chi connectivity index (χ4n) is 2.70. The molecule has 0 radical (unpaired) electrons. The molecule has 1 heterocycles. The number of allylic oxidation sites excluding steroid dienone is 1. The van der Waals surface area contributed by atoms with Gasteiger partial charge in [-0.25, -0.2) is 4.39 Å². The molecular weight excluding hydrogens is 401 g/mol. The highest BCUT2D eigenvalue weighted by atomic mass is 32.2. The molecule has 0 saturated heterocycles. The lowest BCUT2D eigenvalue weighted by Gasteiger charge is -2.05. The maximum Gasteiger partial charge on any atom is 0.308 e. The topological polar surface area (TPSA) is 56.3 Å². The Labute approximate surface area is 178 Å². The van der Waals surface area contributed by atoms with Crippen LogP contribution in [-0.4, -0.2) is 16.7 Å². The second-order valence-electron chi connectivity index (χ2n) is 6.55. The van der Waals surface area contributed by atoms with Gasteiger partial charge in [0, 0.05) is 36.4 Å². The van der Waals surface area contributed by atoms with Crippen LogP contribution < -0.4 is 4.74 Å². The van der Waals surface area contributed by atoms with Gasteiger partial charge in [0.15, 0.2) is 17.3 Å². The van der Waals surface area contributed by atoms with Crippen molar-refractivity contribution in [2.45, 2.75) is 24.0 Å². The summed E-state index contributed by atoms with van der Waals surface area (Å²) in [6.07, 6.45) is 6.83. The number of thioether (sulfide) groups is 1. The predicted molar refractivity (Wildman–Crippen MR) is 116 cm³/mol. The Morgan fingerprint density at radius 1 is 1.07 bits per heavy atom. The lowest BCUT2D eigenvalue weighted by atomic mass is 10.1. The maximum atomic E-state index is 13.7. The number of carbonyl (C=O) groups excluding carboxylic acids is 2. The smallest absolute Gasteiger partial charge is 0.308 e. The molecule has 0 aliphatic heterocycles. The number of ether oxygens (including phenoxy) is 1. The van der Waals surface area contributed by atoms with Crippen molar-refractivity contribution in [2.75, 3.05) is 0 Å². The van der Waals surface area contributed by atoms with Crippen LogP contribution in [0.4, 0.5) is 4.39 Å².